The lowest BCUT2D eigenvalue weighted by Crippen LogP contribution is -2.05. The van der Waals surface area contributed by atoms with Crippen LogP contribution in [0.5, 0.6) is 0 Å². The minimum Gasteiger partial charge on any atom is -0.478 e. The molecule has 0 radical (unpaired) electrons. The Bertz CT molecular complexity index is 734. The van der Waals surface area contributed by atoms with Crippen LogP contribution in [0, 0.1) is 21.7 Å². The Balaban J connectivity index is 2.46. The van der Waals surface area contributed by atoms with Crippen LogP contribution in [-0.4, -0.2) is 16.0 Å². The van der Waals surface area contributed by atoms with Crippen molar-refractivity contribution in [3.8, 4) is 0 Å². The minimum absolute atomic E-state index is 0.0856. The molecule has 21 heavy (non-hydrogen) atoms. The van der Waals surface area contributed by atoms with Crippen LogP contribution >= 0.6 is 0 Å². The van der Waals surface area contributed by atoms with Gasteiger partial charge in [-0.15, -0.1) is 0 Å². The first-order valence-electron chi connectivity index (χ1n) is 5.62. The molecule has 0 aliphatic carbocycles. The number of halogens is 2. The van der Waals surface area contributed by atoms with E-state index in [0.29, 0.717) is 0 Å². The summed E-state index contributed by atoms with van der Waals surface area (Å²) in [5.74, 6) is -2.93. The molecule has 0 heterocycles. The number of nitrogens with zero attached hydrogens (tertiary/aromatic N) is 1. The Hall–Kier alpha value is -3.03. The zero-order valence-corrected chi connectivity index (χ0v) is 10.3. The summed E-state index contributed by atoms with van der Waals surface area (Å²) in [4.78, 5) is 21.0. The van der Waals surface area contributed by atoms with E-state index in [4.69, 9.17) is 5.11 Å². The number of hydrogen-bond donors (Lipinski definition) is 2. The number of carbonyl (C=O) groups is 1. The molecule has 0 unspecified atom stereocenters. The molecule has 8 heteroatoms. The van der Waals surface area contributed by atoms with Crippen molar-refractivity contribution < 1.29 is 23.6 Å². The molecule has 0 aliphatic rings. The zero-order valence-electron chi connectivity index (χ0n) is 10.3. The van der Waals surface area contributed by atoms with Crippen molar-refractivity contribution >= 4 is 23.0 Å². The highest BCUT2D eigenvalue weighted by Gasteiger charge is 2.17. The highest BCUT2D eigenvalue weighted by atomic mass is 19.1. The number of rotatable bonds is 4. The third-order valence-corrected chi connectivity index (χ3v) is 2.64. The van der Waals surface area contributed by atoms with E-state index in [1.807, 2.05) is 0 Å². The standard InChI is InChI=1S/C13H8F2N2O4/c14-7-1-3-10(15)12(5-7)16-11-4-2-8(17(20)21)6-9(11)13(18)19/h1-6,16H,(H,18,19). The fraction of sp³-hybridized carbons (Fsp3) is 0. The van der Waals surface area contributed by atoms with Crippen LogP contribution in [0.25, 0.3) is 0 Å². The van der Waals surface area contributed by atoms with Gasteiger partial charge in [-0.25, -0.2) is 13.6 Å². The molecule has 0 amide bonds. The number of non-ortho nitro benzene ring substituents is 1. The van der Waals surface area contributed by atoms with E-state index in [0.717, 1.165) is 36.4 Å². The predicted molar refractivity (Wildman–Crippen MR) is 69.7 cm³/mol. The average Bonchev–Trinajstić information content (AvgIpc) is 2.42. The molecule has 0 fully saturated rings. The molecule has 0 saturated carbocycles. The maximum Gasteiger partial charge on any atom is 0.338 e. The summed E-state index contributed by atoms with van der Waals surface area (Å²) in [5, 5.41) is 22.1. The zero-order chi connectivity index (χ0) is 15.6. The third-order valence-electron chi connectivity index (χ3n) is 2.64. The Labute approximate surface area is 116 Å². The Morgan fingerprint density at radius 2 is 1.86 bits per heavy atom. The van der Waals surface area contributed by atoms with Crippen molar-refractivity contribution in [2.24, 2.45) is 0 Å². The number of nitrogens with one attached hydrogen (secondary N) is 1. The van der Waals surface area contributed by atoms with Gasteiger partial charge in [0.25, 0.3) is 5.69 Å². The van der Waals surface area contributed by atoms with Crippen molar-refractivity contribution in [1.82, 2.24) is 0 Å². The second kappa shape index (κ2) is 5.53. The highest BCUT2D eigenvalue weighted by Crippen LogP contribution is 2.27. The second-order valence-corrected chi connectivity index (χ2v) is 4.04. The lowest BCUT2D eigenvalue weighted by molar-refractivity contribution is -0.384. The molecule has 6 nitrogen and oxygen atoms in total. The Morgan fingerprint density at radius 1 is 1.14 bits per heavy atom. The molecule has 2 rings (SSSR count). The molecule has 2 aromatic carbocycles. The van der Waals surface area contributed by atoms with Gasteiger partial charge in [0.1, 0.15) is 11.6 Å². The van der Waals surface area contributed by atoms with Gasteiger partial charge in [-0.1, -0.05) is 0 Å². The number of hydrogen-bond acceptors (Lipinski definition) is 4. The number of anilines is 2. The van der Waals surface area contributed by atoms with E-state index >= 15 is 0 Å². The number of nitro benzene ring substituents is 1. The predicted octanol–water partition coefficient (Wildman–Crippen LogP) is 3.31. The number of benzene rings is 2. The molecule has 0 atom stereocenters. The lowest BCUT2D eigenvalue weighted by Gasteiger charge is -2.10. The molecular formula is C13H8F2N2O4. The molecule has 0 bridgehead atoms. The van der Waals surface area contributed by atoms with Gasteiger partial charge in [0.15, 0.2) is 0 Å². The number of nitro groups is 1. The number of aromatic carboxylic acids is 1. The van der Waals surface area contributed by atoms with E-state index in [9.17, 15) is 23.7 Å². The van der Waals surface area contributed by atoms with Gasteiger partial charge in [0.2, 0.25) is 0 Å². The fourth-order valence-electron chi connectivity index (χ4n) is 1.67. The molecule has 0 aliphatic heterocycles. The Morgan fingerprint density at radius 3 is 2.48 bits per heavy atom. The molecule has 0 saturated heterocycles. The largest absolute Gasteiger partial charge is 0.478 e. The molecule has 0 spiro atoms. The van der Waals surface area contributed by atoms with Gasteiger partial charge in [-0.3, -0.25) is 10.1 Å². The second-order valence-electron chi connectivity index (χ2n) is 4.04. The molecule has 2 N–H and O–H groups in total. The average molecular weight is 294 g/mol. The van der Waals surface area contributed by atoms with Gasteiger partial charge in [-0.2, -0.15) is 0 Å². The summed E-state index contributed by atoms with van der Waals surface area (Å²) >= 11 is 0. The first kappa shape index (κ1) is 14.4. The maximum absolute atomic E-state index is 13.5. The summed E-state index contributed by atoms with van der Waals surface area (Å²) < 4.78 is 26.6. The quantitative estimate of drug-likeness (QED) is 0.666. The molecule has 108 valence electrons. The smallest absolute Gasteiger partial charge is 0.338 e. The number of carboxylic acids is 1. The SMILES string of the molecule is O=C(O)c1cc([N+](=O)[O-])ccc1Nc1cc(F)ccc1F. The monoisotopic (exact) mass is 294 g/mol. The fourth-order valence-corrected chi connectivity index (χ4v) is 1.67. The van der Waals surface area contributed by atoms with Crippen LogP contribution in [0.15, 0.2) is 36.4 Å². The van der Waals surface area contributed by atoms with Crippen LogP contribution in [0.1, 0.15) is 10.4 Å². The van der Waals surface area contributed by atoms with Crippen molar-refractivity contribution in [1.29, 1.82) is 0 Å². The van der Waals surface area contributed by atoms with Crippen LogP contribution in [0.2, 0.25) is 0 Å². The van der Waals surface area contributed by atoms with Crippen LogP contribution in [0.4, 0.5) is 25.8 Å². The maximum atomic E-state index is 13.5. The van der Waals surface area contributed by atoms with Gasteiger partial charge in [0, 0.05) is 18.2 Å². The van der Waals surface area contributed by atoms with Crippen molar-refractivity contribution in [2.75, 3.05) is 5.32 Å². The summed E-state index contributed by atoms with van der Waals surface area (Å²) in [6.07, 6.45) is 0. The van der Waals surface area contributed by atoms with Crippen molar-refractivity contribution in [3.63, 3.8) is 0 Å². The van der Waals surface area contributed by atoms with E-state index in [2.05, 4.69) is 5.32 Å². The normalized spacial score (nSPS) is 10.2. The van der Waals surface area contributed by atoms with Gasteiger partial charge in [-0.05, 0) is 18.2 Å². The summed E-state index contributed by atoms with van der Waals surface area (Å²) in [6, 6.07) is 5.65. The van der Waals surface area contributed by atoms with Crippen molar-refractivity contribution in [2.45, 2.75) is 0 Å². The molecule has 0 aromatic heterocycles. The van der Waals surface area contributed by atoms with Gasteiger partial charge < -0.3 is 10.4 Å². The first-order chi connectivity index (χ1) is 9.88. The topological polar surface area (TPSA) is 92.5 Å². The summed E-state index contributed by atoms with van der Waals surface area (Å²) in [7, 11) is 0. The highest BCUT2D eigenvalue weighted by molar-refractivity contribution is 5.96. The lowest BCUT2D eigenvalue weighted by atomic mass is 10.1. The minimum atomic E-state index is -1.43. The molecular weight excluding hydrogens is 286 g/mol. The van der Waals surface area contributed by atoms with Gasteiger partial charge >= 0.3 is 5.97 Å². The van der Waals surface area contributed by atoms with Gasteiger partial charge in [0.05, 0.1) is 21.9 Å². The van der Waals surface area contributed by atoms with Crippen LogP contribution in [-0.2, 0) is 0 Å². The summed E-state index contributed by atoms with van der Waals surface area (Å²) in [6.45, 7) is 0. The van der Waals surface area contributed by atoms with Crippen molar-refractivity contribution in [3.05, 3.63) is 63.7 Å². The first-order valence-corrected chi connectivity index (χ1v) is 5.62. The van der Waals surface area contributed by atoms with E-state index in [1.165, 1.54) is 0 Å². The Kier molecular flexibility index (Phi) is 3.79. The van der Waals surface area contributed by atoms with E-state index in [1.54, 1.807) is 0 Å². The third kappa shape index (κ3) is 3.11. The van der Waals surface area contributed by atoms with Crippen LogP contribution < -0.4 is 5.32 Å². The van der Waals surface area contributed by atoms with E-state index < -0.39 is 33.8 Å². The van der Waals surface area contributed by atoms with E-state index in [-0.39, 0.29) is 11.4 Å². The summed E-state index contributed by atoms with van der Waals surface area (Å²) in [5.41, 5.74) is -1.20. The molecule has 2 aromatic rings. The van der Waals surface area contributed by atoms with Crippen LogP contribution in [0.3, 0.4) is 0 Å². The number of carboxylic acid groups (broad SMARTS) is 1.